The van der Waals surface area contributed by atoms with Crippen LogP contribution in [-0.4, -0.2) is 37.4 Å². The van der Waals surface area contributed by atoms with Crippen molar-refractivity contribution in [2.75, 3.05) is 20.2 Å². The van der Waals surface area contributed by atoms with Crippen LogP contribution in [0.25, 0.3) is 0 Å². The molecular weight excluding hydrogens is 230 g/mol. The first-order valence-electron chi connectivity index (χ1n) is 6.85. The fourth-order valence-electron chi connectivity index (χ4n) is 2.39. The van der Waals surface area contributed by atoms with E-state index < -0.39 is 0 Å². The molecule has 4 heteroatoms. The quantitative estimate of drug-likeness (QED) is 0.430. The Morgan fingerprint density at radius 1 is 1.44 bits per heavy atom. The van der Waals surface area contributed by atoms with Crippen LogP contribution in [0.15, 0.2) is 11.6 Å². The minimum absolute atomic E-state index is 0.165. The summed E-state index contributed by atoms with van der Waals surface area (Å²) < 4.78 is 4.69. The molecule has 0 bridgehead atoms. The molecule has 0 aliphatic heterocycles. The van der Waals surface area contributed by atoms with E-state index in [4.69, 9.17) is 4.74 Å². The predicted octanol–water partition coefficient (Wildman–Crippen LogP) is 1.64. The number of carbonyl (C=O) groups is 1. The van der Waals surface area contributed by atoms with Gasteiger partial charge in [0.25, 0.3) is 0 Å². The monoisotopic (exact) mass is 255 g/mol. The van der Waals surface area contributed by atoms with Gasteiger partial charge in [-0.2, -0.15) is 0 Å². The topological polar surface area (TPSA) is 58.6 Å². The van der Waals surface area contributed by atoms with Crippen molar-refractivity contribution in [3.05, 3.63) is 11.6 Å². The number of methoxy groups -OCH3 is 1. The van der Waals surface area contributed by atoms with Gasteiger partial charge in [0.2, 0.25) is 0 Å². The van der Waals surface area contributed by atoms with Crippen molar-refractivity contribution >= 4 is 5.97 Å². The Morgan fingerprint density at radius 3 is 2.78 bits per heavy atom. The van der Waals surface area contributed by atoms with E-state index in [1.54, 1.807) is 0 Å². The Balaban J connectivity index is 2.28. The number of ether oxygens (including phenoxy) is 1. The lowest BCUT2D eigenvalue weighted by Gasteiger charge is -2.27. The molecule has 0 aromatic rings. The molecule has 1 saturated carbocycles. The molecule has 0 aromatic heterocycles. The maximum atomic E-state index is 11.3. The van der Waals surface area contributed by atoms with Gasteiger partial charge in [-0.05, 0) is 25.2 Å². The highest BCUT2D eigenvalue weighted by Crippen LogP contribution is 2.23. The predicted molar refractivity (Wildman–Crippen MR) is 71.2 cm³/mol. The van der Waals surface area contributed by atoms with Crippen LogP contribution in [0.2, 0.25) is 0 Å². The van der Waals surface area contributed by atoms with E-state index in [-0.39, 0.29) is 12.1 Å². The van der Waals surface area contributed by atoms with Gasteiger partial charge in [-0.15, -0.1) is 0 Å². The van der Waals surface area contributed by atoms with E-state index >= 15 is 0 Å². The summed E-state index contributed by atoms with van der Waals surface area (Å²) in [6, 6.07) is 0. The summed E-state index contributed by atoms with van der Waals surface area (Å²) >= 11 is 0. The smallest absolute Gasteiger partial charge is 0.333 e. The number of hydrogen-bond donors (Lipinski definition) is 2. The summed E-state index contributed by atoms with van der Waals surface area (Å²) in [6.07, 6.45) is 6.75. The molecule has 2 unspecified atom stereocenters. The molecule has 1 aliphatic rings. The molecule has 2 N–H and O–H groups in total. The van der Waals surface area contributed by atoms with Crippen molar-refractivity contribution in [3.8, 4) is 0 Å². The lowest BCUT2D eigenvalue weighted by atomic mass is 9.86. The van der Waals surface area contributed by atoms with Crippen LogP contribution in [0.1, 0.15) is 39.0 Å². The maximum absolute atomic E-state index is 11.3. The third-order valence-corrected chi connectivity index (χ3v) is 3.60. The summed E-state index contributed by atoms with van der Waals surface area (Å²) in [4.78, 5) is 11.3. The number of hydrogen-bond acceptors (Lipinski definition) is 4. The van der Waals surface area contributed by atoms with Crippen LogP contribution >= 0.6 is 0 Å². The summed E-state index contributed by atoms with van der Waals surface area (Å²) in [6.45, 7) is 3.41. The number of aliphatic hydroxyl groups is 1. The molecule has 104 valence electrons. The van der Waals surface area contributed by atoms with Gasteiger partial charge in [0.05, 0.1) is 13.2 Å². The maximum Gasteiger partial charge on any atom is 0.333 e. The first kappa shape index (κ1) is 15.2. The molecule has 0 heterocycles. The first-order chi connectivity index (χ1) is 8.69. The molecule has 4 nitrogen and oxygen atoms in total. The zero-order valence-electron chi connectivity index (χ0n) is 11.4. The minimum Gasteiger partial charge on any atom is -0.466 e. The van der Waals surface area contributed by atoms with Crippen molar-refractivity contribution < 1.29 is 14.6 Å². The number of nitrogens with one attached hydrogen (secondary N) is 1. The van der Waals surface area contributed by atoms with E-state index in [9.17, 15) is 9.90 Å². The van der Waals surface area contributed by atoms with Crippen LogP contribution in [0.3, 0.4) is 0 Å². The zero-order chi connectivity index (χ0) is 13.4. The fraction of sp³-hybridized carbons (Fsp3) is 0.786. The SMILES string of the molecule is CCC(=CCNCC1CCCCC1O)C(=O)OC. The second-order valence-corrected chi connectivity index (χ2v) is 4.84. The molecule has 0 aromatic carbocycles. The second kappa shape index (κ2) is 8.27. The van der Waals surface area contributed by atoms with Gasteiger partial charge in [0, 0.05) is 18.7 Å². The van der Waals surface area contributed by atoms with Crippen LogP contribution in [0.4, 0.5) is 0 Å². The van der Waals surface area contributed by atoms with Gasteiger partial charge in [-0.3, -0.25) is 0 Å². The zero-order valence-corrected chi connectivity index (χ0v) is 11.4. The standard InChI is InChI=1S/C14H25NO3/c1-3-11(14(17)18-2)8-9-15-10-12-6-4-5-7-13(12)16/h8,12-13,15-16H,3-7,9-10H2,1-2H3. The van der Waals surface area contributed by atoms with Crippen LogP contribution in [0.5, 0.6) is 0 Å². The lowest BCUT2D eigenvalue weighted by molar-refractivity contribution is -0.136. The average molecular weight is 255 g/mol. The molecular formula is C14H25NO3. The van der Waals surface area contributed by atoms with Crippen LogP contribution < -0.4 is 5.32 Å². The number of rotatable bonds is 6. The highest BCUT2D eigenvalue weighted by atomic mass is 16.5. The summed E-state index contributed by atoms with van der Waals surface area (Å²) in [5, 5.41) is 13.1. The largest absolute Gasteiger partial charge is 0.466 e. The van der Waals surface area contributed by atoms with E-state index in [0.29, 0.717) is 24.5 Å². The molecule has 0 spiro atoms. The highest BCUT2D eigenvalue weighted by molar-refractivity contribution is 5.88. The van der Waals surface area contributed by atoms with Crippen molar-refractivity contribution in [1.29, 1.82) is 0 Å². The van der Waals surface area contributed by atoms with Gasteiger partial charge < -0.3 is 15.2 Å². The van der Waals surface area contributed by atoms with Gasteiger partial charge in [-0.25, -0.2) is 4.79 Å². The molecule has 1 aliphatic carbocycles. The van der Waals surface area contributed by atoms with Crippen LogP contribution in [0, 0.1) is 5.92 Å². The Kier molecular flexibility index (Phi) is 6.98. The van der Waals surface area contributed by atoms with Crippen molar-refractivity contribution in [3.63, 3.8) is 0 Å². The Labute approximate surface area is 109 Å². The summed E-state index contributed by atoms with van der Waals surface area (Å²) in [7, 11) is 1.40. The number of aliphatic hydroxyl groups excluding tert-OH is 1. The number of carbonyl (C=O) groups excluding carboxylic acids is 1. The van der Waals surface area contributed by atoms with Gasteiger partial charge >= 0.3 is 5.97 Å². The van der Waals surface area contributed by atoms with E-state index in [1.807, 2.05) is 13.0 Å². The molecule has 1 rings (SSSR count). The van der Waals surface area contributed by atoms with E-state index in [2.05, 4.69) is 5.32 Å². The molecule has 0 saturated heterocycles. The van der Waals surface area contributed by atoms with Crippen molar-refractivity contribution in [1.82, 2.24) is 5.32 Å². The Hall–Kier alpha value is -0.870. The molecule has 0 amide bonds. The normalized spacial score (nSPS) is 24.9. The lowest BCUT2D eigenvalue weighted by Crippen LogP contribution is -2.34. The Morgan fingerprint density at radius 2 is 2.17 bits per heavy atom. The average Bonchev–Trinajstić information content (AvgIpc) is 2.40. The second-order valence-electron chi connectivity index (χ2n) is 4.84. The molecule has 18 heavy (non-hydrogen) atoms. The first-order valence-corrected chi connectivity index (χ1v) is 6.85. The minimum atomic E-state index is -0.253. The van der Waals surface area contributed by atoms with E-state index in [1.165, 1.54) is 13.5 Å². The number of esters is 1. The Bertz CT molecular complexity index is 289. The van der Waals surface area contributed by atoms with Gasteiger partial charge in [0.1, 0.15) is 0 Å². The molecule has 1 fully saturated rings. The third kappa shape index (κ3) is 4.78. The van der Waals surface area contributed by atoms with Gasteiger partial charge in [-0.1, -0.05) is 25.8 Å². The molecule has 0 radical (unpaired) electrons. The fourth-order valence-corrected chi connectivity index (χ4v) is 2.39. The summed E-state index contributed by atoms with van der Waals surface area (Å²) in [5.41, 5.74) is 0.703. The highest BCUT2D eigenvalue weighted by Gasteiger charge is 2.22. The summed E-state index contributed by atoms with van der Waals surface area (Å²) in [5.74, 6) is 0.104. The van der Waals surface area contributed by atoms with Crippen molar-refractivity contribution in [2.24, 2.45) is 5.92 Å². The van der Waals surface area contributed by atoms with E-state index in [0.717, 1.165) is 25.8 Å². The van der Waals surface area contributed by atoms with Gasteiger partial charge in [0.15, 0.2) is 0 Å². The van der Waals surface area contributed by atoms with Crippen molar-refractivity contribution in [2.45, 2.75) is 45.1 Å². The van der Waals surface area contributed by atoms with Crippen LogP contribution in [-0.2, 0) is 9.53 Å². The third-order valence-electron chi connectivity index (χ3n) is 3.60. The molecule has 2 atom stereocenters.